The molecule has 1 aliphatic heterocycles. The van der Waals surface area contributed by atoms with Crippen LogP contribution < -0.4 is 5.32 Å². The van der Waals surface area contributed by atoms with Crippen LogP contribution in [0.3, 0.4) is 0 Å². The van der Waals surface area contributed by atoms with Crippen molar-refractivity contribution < 1.29 is 26.7 Å². The monoisotopic (exact) mass is 446 g/mol. The van der Waals surface area contributed by atoms with Crippen molar-refractivity contribution in [2.75, 3.05) is 25.0 Å². The summed E-state index contributed by atoms with van der Waals surface area (Å²) in [5.74, 6) is 0.365. The number of anilines is 1. The van der Waals surface area contributed by atoms with Gasteiger partial charge in [-0.15, -0.1) is 0 Å². The van der Waals surface area contributed by atoms with Crippen molar-refractivity contribution in [1.82, 2.24) is 4.31 Å². The lowest BCUT2D eigenvalue weighted by atomic mass is 9.64. The molecule has 1 atom stereocenters. The highest BCUT2D eigenvalue weighted by molar-refractivity contribution is 7.89. The summed E-state index contributed by atoms with van der Waals surface area (Å²) in [5, 5.41) is 13.5. The lowest BCUT2D eigenvalue weighted by Gasteiger charge is -2.43. The average molecular weight is 447 g/mol. The molecule has 0 aromatic heterocycles. The number of nitrogens with one attached hydrogen (secondary N) is 1. The summed E-state index contributed by atoms with van der Waals surface area (Å²) in [4.78, 5) is -0.362. The van der Waals surface area contributed by atoms with Gasteiger partial charge in [0.2, 0.25) is 10.0 Å². The lowest BCUT2D eigenvalue weighted by Crippen LogP contribution is -2.40. The Balaban J connectivity index is 1.62. The minimum absolute atomic E-state index is 0.0746. The van der Waals surface area contributed by atoms with E-state index in [1.165, 1.54) is 6.07 Å². The van der Waals surface area contributed by atoms with Gasteiger partial charge in [0.05, 0.1) is 17.4 Å². The van der Waals surface area contributed by atoms with E-state index in [4.69, 9.17) is 0 Å². The quantitative estimate of drug-likeness (QED) is 0.715. The molecular formula is C21H29F3N2O3S. The van der Waals surface area contributed by atoms with Crippen LogP contribution in [0, 0.1) is 16.7 Å². The molecule has 2 saturated carbocycles. The van der Waals surface area contributed by atoms with Crippen molar-refractivity contribution in [3.8, 4) is 0 Å². The Morgan fingerprint density at radius 3 is 2.40 bits per heavy atom. The summed E-state index contributed by atoms with van der Waals surface area (Å²) in [6, 6.07) is 2.85. The number of rotatable bonds is 5. The molecule has 3 aliphatic rings. The maximum atomic E-state index is 13.3. The van der Waals surface area contributed by atoms with Gasteiger partial charge in [0.25, 0.3) is 0 Å². The maximum absolute atomic E-state index is 13.3. The van der Waals surface area contributed by atoms with Crippen molar-refractivity contribution in [2.24, 2.45) is 16.7 Å². The Hall–Kier alpha value is -1.32. The van der Waals surface area contributed by atoms with Crippen molar-refractivity contribution >= 4 is 15.7 Å². The van der Waals surface area contributed by atoms with Gasteiger partial charge in [-0.1, -0.05) is 20.3 Å². The van der Waals surface area contributed by atoms with Gasteiger partial charge < -0.3 is 10.4 Å². The zero-order valence-corrected chi connectivity index (χ0v) is 18.1. The third-order valence-electron chi connectivity index (χ3n) is 7.11. The van der Waals surface area contributed by atoms with E-state index in [0.29, 0.717) is 12.5 Å². The predicted molar refractivity (Wildman–Crippen MR) is 107 cm³/mol. The fourth-order valence-corrected chi connectivity index (χ4v) is 7.05. The van der Waals surface area contributed by atoms with E-state index >= 15 is 0 Å². The molecular weight excluding hydrogens is 417 g/mol. The van der Waals surface area contributed by atoms with Crippen molar-refractivity contribution in [3.05, 3.63) is 23.8 Å². The van der Waals surface area contributed by atoms with Crippen LogP contribution in [0.4, 0.5) is 18.9 Å². The molecule has 1 unspecified atom stereocenters. The largest absolute Gasteiger partial charge is 0.416 e. The molecule has 0 amide bonds. The number of halogens is 3. The first-order valence-electron chi connectivity index (χ1n) is 10.5. The van der Waals surface area contributed by atoms with Gasteiger partial charge in [0.1, 0.15) is 4.90 Å². The molecule has 0 bridgehead atoms. The number of hydrogen-bond donors (Lipinski definition) is 2. The van der Waals surface area contributed by atoms with E-state index in [2.05, 4.69) is 19.2 Å². The number of aliphatic hydroxyl groups excluding tert-OH is 1. The molecule has 0 radical (unpaired) electrons. The molecule has 2 aliphatic carbocycles. The minimum atomic E-state index is -4.64. The number of benzene rings is 1. The smallest absolute Gasteiger partial charge is 0.391 e. The zero-order valence-electron chi connectivity index (χ0n) is 17.3. The highest BCUT2D eigenvalue weighted by Crippen LogP contribution is 2.50. The van der Waals surface area contributed by atoms with Gasteiger partial charge in [0, 0.05) is 25.0 Å². The van der Waals surface area contributed by atoms with Crippen LogP contribution >= 0.6 is 0 Å². The van der Waals surface area contributed by atoms with Crippen molar-refractivity contribution in [1.29, 1.82) is 0 Å². The Kier molecular flexibility index (Phi) is 5.18. The summed E-state index contributed by atoms with van der Waals surface area (Å²) < 4.78 is 67.8. The zero-order chi connectivity index (χ0) is 21.9. The van der Waals surface area contributed by atoms with Crippen LogP contribution in [0.15, 0.2) is 23.1 Å². The maximum Gasteiger partial charge on any atom is 0.416 e. The Morgan fingerprint density at radius 1 is 1.23 bits per heavy atom. The number of alkyl halides is 3. The summed E-state index contributed by atoms with van der Waals surface area (Å²) in [6.45, 7) is 4.92. The summed E-state index contributed by atoms with van der Waals surface area (Å²) in [5.41, 5.74) is -0.990. The molecule has 9 heteroatoms. The second-order valence-corrected chi connectivity index (χ2v) is 12.0. The highest BCUT2D eigenvalue weighted by Gasteiger charge is 2.53. The van der Waals surface area contributed by atoms with Crippen LogP contribution in [0.25, 0.3) is 0 Å². The SMILES string of the molecule is CC1(C)CC(CNc2ccc(C(F)(F)F)cc2S(=O)(=O)N2CC(O)C3(CCC3)C2)C1. The van der Waals surface area contributed by atoms with Crippen LogP contribution in [-0.4, -0.2) is 43.6 Å². The van der Waals surface area contributed by atoms with Gasteiger partial charge in [-0.2, -0.15) is 17.5 Å². The number of nitrogens with zero attached hydrogens (tertiary/aromatic N) is 1. The summed E-state index contributed by atoms with van der Waals surface area (Å²) in [6.07, 6.45) is -1.02. The standard InChI is InChI=1S/C21H29F3N2O3S/c1-19(2)9-14(10-19)11-25-16-5-4-15(21(22,23)24)8-17(16)30(28,29)26-12-18(27)20(13-26)6-3-7-20/h4-5,8,14,18,25,27H,3,6-7,9-13H2,1-2H3. The third kappa shape index (κ3) is 3.84. The van der Waals surface area contributed by atoms with E-state index in [0.717, 1.165) is 48.5 Å². The molecule has 3 fully saturated rings. The average Bonchev–Trinajstić information content (AvgIpc) is 2.95. The third-order valence-corrected chi connectivity index (χ3v) is 8.97. The van der Waals surface area contributed by atoms with Crippen LogP contribution in [0.5, 0.6) is 0 Å². The first kappa shape index (κ1) is 21.9. The van der Waals surface area contributed by atoms with Crippen LogP contribution in [0.1, 0.15) is 51.5 Å². The Bertz CT molecular complexity index is 918. The van der Waals surface area contributed by atoms with Gasteiger partial charge in [-0.25, -0.2) is 8.42 Å². The highest BCUT2D eigenvalue weighted by atomic mass is 32.2. The second kappa shape index (κ2) is 7.10. The van der Waals surface area contributed by atoms with Gasteiger partial charge in [-0.3, -0.25) is 0 Å². The number of hydrogen-bond acceptors (Lipinski definition) is 4. The van der Waals surface area contributed by atoms with E-state index in [1.54, 1.807) is 0 Å². The van der Waals surface area contributed by atoms with Gasteiger partial charge >= 0.3 is 6.18 Å². The fourth-order valence-electron chi connectivity index (χ4n) is 5.31. The van der Waals surface area contributed by atoms with E-state index < -0.39 is 33.3 Å². The van der Waals surface area contributed by atoms with E-state index in [1.807, 2.05) is 0 Å². The molecule has 1 saturated heterocycles. The summed E-state index contributed by atoms with van der Waals surface area (Å²) in [7, 11) is -4.18. The Morgan fingerprint density at radius 2 is 1.90 bits per heavy atom. The Labute approximate surface area is 175 Å². The van der Waals surface area contributed by atoms with E-state index in [9.17, 15) is 26.7 Å². The summed E-state index contributed by atoms with van der Waals surface area (Å²) >= 11 is 0. The van der Waals surface area contributed by atoms with Gasteiger partial charge in [-0.05, 0) is 55.2 Å². The molecule has 30 heavy (non-hydrogen) atoms. The van der Waals surface area contributed by atoms with Gasteiger partial charge in [0.15, 0.2) is 0 Å². The van der Waals surface area contributed by atoms with E-state index in [-0.39, 0.29) is 29.1 Å². The lowest BCUT2D eigenvalue weighted by molar-refractivity contribution is -0.137. The molecule has 1 spiro atoms. The molecule has 2 N–H and O–H groups in total. The molecule has 168 valence electrons. The first-order valence-corrected chi connectivity index (χ1v) is 11.9. The first-order chi connectivity index (χ1) is 13.8. The number of β-amino-alcohol motifs (C(OH)–C–C–N with tert-alkyl or cyclic N) is 1. The van der Waals surface area contributed by atoms with Crippen LogP contribution in [-0.2, 0) is 16.2 Å². The molecule has 1 aromatic carbocycles. The molecule has 4 rings (SSSR count). The number of sulfonamides is 1. The predicted octanol–water partition coefficient (Wildman–Crippen LogP) is 4.09. The van der Waals surface area contributed by atoms with Crippen LogP contribution in [0.2, 0.25) is 0 Å². The number of aliphatic hydroxyl groups is 1. The minimum Gasteiger partial charge on any atom is -0.391 e. The topological polar surface area (TPSA) is 69.6 Å². The normalized spacial score (nSPS) is 26.4. The van der Waals surface area contributed by atoms with Crippen molar-refractivity contribution in [2.45, 2.75) is 63.1 Å². The van der Waals surface area contributed by atoms with Crippen molar-refractivity contribution in [3.63, 3.8) is 0 Å². The molecule has 1 heterocycles. The molecule has 1 aromatic rings. The fraction of sp³-hybridized carbons (Fsp3) is 0.714. The second-order valence-electron chi connectivity index (χ2n) is 10.1. The molecule has 5 nitrogen and oxygen atoms in total.